The van der Waals surface area contributed by atoms with Gasteiger partial charge < -0.3 is 4.90 Å². The normalized spacial score (nSPS) is 11.9. The second kappa shape index (κ2) is 7.18. The molecule has 0 aliphatic carbocycles. The molecular weight excluding hydrogens is 337 g/mol. The third-order valence-electron chi connectivity index (χ3n) is 5.20. The van der Waals surface area contributed by atoms with Crippen LogP contribution in [0.25, 0.3) is 5.69 Å². The molecule has 3 rings (SSSR count). The zero-order chi connectivity index (χ0) is 19.8. The number of hydrogen-bond donors (Lipinski definition) is 0. The van der Waals surface area contributed by atoms with E-state index in [9.17, 15) is 4.39 Å². The highest BCUT2D eigenvalue weighted by atomic mass is 19.1. The van der Waals surface area contributed by atoms with Crippen LogP contribution in [0, 0.1) is 5.82 Å². The van der Waals surface area contributed by atoms with E-state index in [1.54, 1.807) is 11.0 Å². The molecule has 0 amide bonds. The molecule has 0 atom stereocenters. The fourth-order valence-corrected chi connectivity index (χ4v) is 3.22. The van der Waals surface area contributed by atoms with Crippen molar-refractivity contribution in [3.05, 3.63) is 77.4 Å². The van der Waals surface area contributed by atoms with E-state index in [0.717, 1.165) is 16.9 Å². The standard InChI is InChI=1S/C23H28FN3/c1-16(2)17-7-10-19(11-8-17)27-14-13-22(25-27)23(3,4)18-9-12-21(26(5)6)20(24)15-18/h7-16H,1-6H3. The second-order valence-electron chi connectivity index (χ2n) is 8.08. The van der Waals surface area contributed by atoms with Gasteiger partial charge in [0, 0.05) is 25.7 Å². The molecular formula is C23H28FN3. The molecule has 1 heterocycles. The number of aromatic nitrogens is 2. The van der Waals surface area contributed by atoms with Crippen LogP contribution in [0.4, 0.5) is 10.1 Å². The number of hydrogen-bond acceptors (Lipinski definition) is 2. The van der Waals surface area contributed by atoms with Gasteiger partial charge in [-0.3, -0.25) is 0 Å². The van der Waals surface area contributed by atoms with Gasteiger partial charge in [-0.25, -0.2) is 9.07 Å². The van der Waals surface area contributed by atoms with E-state index < -0.39 is 5.41 Å². The molecule has 3 aromatic rings. The molecule has 0 spiro atoms. The van der Waals surface area contributed by atoms with Crippen molar-refractivity contribution in [3.63, 3.8) is 0 Å². The zero-order valence-corrected chi connectivity index (χ0v) is 17.0. The first kappa shape index (κ1) is 19.2. The van der Waals surface area contributed by atoms with Crippen molar-refractivity contribution in [1.29, 1.82) is 0 Å². The molecule has 0 aliphatic rings. The van der Waals surface area contributed by atoms with E-state index in [4.69, 9.17) is 5.10 Å². The van der Waals surface area contributed by atoms with Gasteiger partial charge in [0.05, 0.1) is 17.1 Å². The van der Waals surface area contributed by atoms with E-state index >= 15 is 0 Å². The first-order valence-electron chi connectivity index (χ1n) is 9.34. The van der Waals surface area contributed by atoms with Gasteiger partial charge in [0.25, 0.3) is 0 Å². The minimum Gasteiger partial charge on any atom is -0.375 e. The van der Waals surface area contributed by atoms with Crippen LogP contribution in [0.2, 0.25) is 0 Å². The molecule has 1 aromatic heterocycles. The first-order valence-corrected chi connectivity index (χ1v) is 9.34. The van der Waals surface area contributed by atoms with E-state index in [2.05, 4.69) is 52.0 Å². The Balaban J connectivity index is 1.91. The summed E-state index contributed by atoms with van der Waals surface area (Å²) in [5.74, 6) is 0.292. The third-order valence-corrected chi connectivity index (χ3v) is 5.20. The molecule has 4 heteroatoms. The summed E-state index contributed by atoms with van der Waals surface area (Å²) in [6.07, 6.45) is 1.96. The average molecular weight is 365 g/mol. The quantitative estimate of drug-likeness (QED) is 0.593. The van der Waals surface area contributed by atoms with Gasteiger partial charge in [-0.2, -0.15) is 5.10 Å². The van der Waals surface area contributed by atoms with Crippen LogP contribution in [0.1, 0.15) is 50.4 Å². The topological polar surface area (TPSA) is 21.1 Å². The van der Waals surface area contributed by atoms with E-state index in [1.807, 2.05) is 43.2 Å². The maximum absolute atomic E-state index is 14.5. The van der Waals surface area contributed by atoms with E-state index in [1.165, 1.54) is 5.56 Å². The minimum atomic E-state index is -0.394. The molecule has 0 unspecified atom stereocenters. The highest BCUT2D eigenvalue weighted by Crippen LogP contribution is 2.33. The van der Waals surface area contributed by atoms with Crippen molar-refractivity contribution in [2.45, 2.75) is 39.0 Å². The number of anilines is 1. The van der Waals surface area contributed by atoms with Crippen LogP contribution in [0.15, 0.2) is 54.7 Å². The zero-order valence-electron chi connectivity index (χ0n) is 17.0. The van der Waals surface area contributed by atoms with Crippen molar-refractivity contribution < 1.29 is 4.39 Å². The largest absolute Gasteiger partial charge is 0.375 e. The molecule has 0 saturated heterocycles. The Kier molecular flexibility index (Phi) is 5.09. The molecule has 3 nitrogen and oxygen atoms in total. The second-order valence-corrected chi connectivity index (χ2v) is 8.08. The van der Waals surface area contributed by atoms with Gasteiger partial charge in [-0.15, -0.1) is 0 Å². The maximum atomic E-state index is 14.5. The van der Waals surface area contributed by atoms with Crippen molar-refractivity contribution in [1.82, 2.24) is 9.78 Å². The Labute approximate surface area is 161 Å². The summed E-state index contributed by atoms with van der Waals surface area (Å²) in [7, 11) is 3.69. The summed E-state index contributed by atoms with van der Waals surface area (Å²) in [6, 6.07) is 15.9. The van der Waals surface area contributed by atoms with Crippen LogP contribution in [-0.2, 0) is 5.41 Å². The molecule has 0 radical (unpaired) electrons. The summed E-state index contributed by atoms with van der Waals surface area (Å²) < 4.78 is 16.3. The lowest BCUT2D eigenvalue weighted by molar-refractivity contribution is 0.584. The van der Waals surface area contributed by atoms with Gasteiger partial charge in [0.2, 0.25) is 0 Å². The van der Waals surface area contributed by atoms with Crippen molar-refractivity contribution in [2.24, 2.45) is 0 Å². The van der Waals surface area contributed by atoms with Crippen LogP contribution >= 0.6 is 0 Å². The maximum Gasteiger partial charge on any atom is 0.146 e. The predicted octanol–water partition coefficient (Wildman–Crippen LogP) is 5.53. The molecule has 0 N–H and O–H groups in total. The third kappa shape index (κ3) is 3.75. The molecule has 2 aromatic carbocycles. The van der Waals surface area contributed by atoms with Gasteiger partial charge in [0.15, 0.2) is 0 Å². The molecule has 0 saturated carbocycles. The lowest BCUT2D eigenvalue weighted by Gasteiger charge is -2.24. The Hall–Kier alpha value is -2.62. The van der Waals surface area contributed by atoms with Gasteiger partial charge in [0.1, 0.15) is 5.82 Å². The molecule has 0 aliphatic heterocycles. The lowest BCUT2D eigenvalue weighted by atomic mass is 9.81. The summed E-state index contributed by atoms with van der Waals surface area (Å²) >= 11 is 0. The fraction of sp³-hybridized carbons (Fsp3) is 0.348. The number of benzene rings is 2. The fourth-order valence-electron chi connectivity index (χ4n) is 3.22. The monoisotopic (exact) mass is 365 g/mol. The highest BCUT2D eigenvalue weighted by molar-refractivity contribution is 5.50. The molecule has 27 heavy (non-hydrogen) atoms. The summed E-state index contributed by atoms with van der Waals surface area (Å²) in [5, 5.41) is 4.77. The van der Waals surface area contributed by atoms with E-state index in [0.29, 0.717) is 11.6 Å². The summed E-state index contributed by atoms with van der Waals surface area (Å²) in [6.45, 7) is 8.52. The highest BCUT2D eigenvalue weighted by Gasteiger charge is 2.27. The van der Waals surface area contributed by atoms with E-state index in [-0.39, 0.29) is 5.82 Å². The van der Waals surface area contributed by atoms with Gasteiger partial charge in [-0.05, 0) is 47.4 Å². The van der Waals surface area contributed by atoms with Gasteiger partial charge >= 0.3 is 0 Å². The minimum absolute atomic E-state index is 0.214. The molecule has 142 valence electrons. The SMILES string of the molecule is CC(C)c1ccc(-n2ccc(C(C)(C)c3ccc(N(C)C)c(F)c3)n2)cc1. The summed E-state index contributed by atoms with van der Waals surface area (Å²) in [5.41, 5.74) is 4.34. The summed E-state index contributed by atoms with van der Waals surface area (Å²) in [4.78, 5) is 1.78. The van der Waals surface area contributed by atoms with Crippen molar-refractivity contribution in [3.8, 4) is 5.69 Å². The van der Waals surface area contributed by atoms with Crippen LogP contribution in [-0.4, -0.2) is 23.9 Å². The number of nitrogens with zero attached hydrogens (tertiary/aromatic N) is 3. The van der Waals surface area contributed by atoms with Crippen LogP contribution in [0.3, 0.4) is 0 Å². The van der Waals surface area contributed by atoms with Crippen molar-refractivity contribution >= 4 is 5.69 Å². The lowest BCUT2D eigenvalue weighted by Crippen LogP contribution is -2.21. The predicted molar refractivity (Wildman–Crippen MR) is 111 cm³/mol. The first-order chi connectivity index (χ1) is 12.7. The van der Waals surface area contributed by atoms with Crippen molar-refractivity contribution in [2.75, 3.05) is 19.0 Å². The number of rotatable bonds is 5. The smallest absolute Gasteiger partial charge is 0.146 e. The Bertz CT molecular complexity index is 921. The molecule has 0 fully saturated rings. The van der Waals surface area contributed by atoms with Crippen LogP contribution < -0.4 is 4.90 Å². The Morgan fingerprint density at radius 3 is 2.22 bits per heavy atom. The average Bonchev–Trinajstić information content (AvgIpc) is 3.12. The van der Waals surface area contributed by atoms with Crippen LogP contribution in [0.5, 0.6) is 0 Å². The Morgan fingerprint density at radius 2 is 1.67 bits per heavy atom. The molecule has 0 bridgehead atoms. The number of halogens is 1. The Morgan fingerprint density at radius 1 is 1.00 bits per heavy atom. The van der Waals surface area contributed by atoms with Gasteiger partial charge in [-0.1, -0.05) is 45.9 Å².